The van der Waals surface area contributed by atoms with E-state index in [1.807, 2.05) is 18.2 Å². The van der Waals surface area contributed by atoms with Crippen molar-refractivity contribution >= 4 is 22.5 Å². The first-order valence-electron chi connectivity index (χ1n) is 6.94. The summed E-state index contributed by atoms with van der Waals surface area (Å²) in [6.07, 6.45) is 4.83. The summed E-state index contributed by atoms with van der Waals surface area (Å²) in [5, 5.41) is 8.23. The molecule has 3 aromatic heterocycles. The lowest BCUT2D eigenvalue weighted by atomic mass is 10.3. The lowest BCUT2D eigenvalue weighted by Crippen LogP contribution is -2.01. The summed E-state index contributed by atoms with van der Waals surface area (Å²) in [4.78, 5) is 12.8. The Labute approximate surface area is 130 Å². The molecule has 0 fully saturated rings. The van der Waals surface area contributed by atoms with Crippen molar-refractivity contribution in [3.63, 3.8) is 0 Å². The van der Waals surface area contributed by atoms with Crippen LogP contribution < -0.4 is 5.32 Å². The number of anilines is 2. The van der Waals surface area contributed by atoms with Crippen molar-refractivity contribution in [3.8, 4) is 5.82 Å². The zero-order valence-electron chi connectivity index (χ0n) is 11.9. The lowest BCUT2D eigenvalue weighted by molar-refractivity contribution is 0.628. The van der Waals surface area contributed by atoms with E-state index in [4.69, 9.17) is 0 Å². The molecule has 0 aliphatic carbocycles. The van der Waals surface area contributed by atoms with Gasteiger partial charge >= 0.3 is 0 Å². The minimum atomic E-state index is -0.286. The number of hydrogen-bond acceptors (Lipinski definition) is 5. The molecule has 0 aliphatic heterocycles. The van der Waals surface area contributed by atoms with Crippen LogP contribution in [0.25, 0.3) is 16.9 Å². The molecular formula is C16H11FN6. The Kier molecular flexibility index (Phi) is 3.16. The quantitative estimate of drug-likeness (QED) is 0.630. The molecule has 0 unspecified atom stereocenters. The molecular weight excluding hydrogens is 295 g/mol. The fraction of sp³-hybridized carbons (Fsp3) is 0. The van der Waals surface area contributed by atoms with Crippen LogP contribution in [-0.2, 0) is 0 Å². The normalized spacial score (nSPS) is 10.8. The molecule has 3 heterocycles. The van der Waals surface area contributed by atoms with Crippen LogP contribution in [0, 0.1) is 5.82 Å². The summed E-state index contributed by atoms with van der Waals surface area (Å²) in [6, 6.07) is 11.6. The van der Waals surface area contributed by atoms with E-state index in [0.717, 1.165) is 11.1 Å². The second-order valence-corrected chi connectivity index (χ2v) is 4.84. The van der Waals surface area contributed by atoms with Gasteiger partial charge in [-0.2, -0.15) is 9.78 Å². The van der Waals surface area contributed by atoms with E-state index in [1.165, 1.54) is 18.5 Å². The van der Waals surface area contributed by atoms with Gasteiger partial charge in [-0.1, -0.05) is 6.07 Å². The van der Waals surface area contributed by atoms with Gasteiger partial charge in [0.1, 0.15) is 18.0 Å². The highest BCUT2D eigenvalue weighted by atomic mass is 19.1. The van der Waals surface area contributed by atoms with E-state index in [-0.39, 0.29) is 5.82 Å². The van der Waals surface area contributed by atoms with Crippen molar-refractivity contribution in [2.24, 2.45) is 0 Å². The van der Waals surface area contributed by atoms with Gasteiger partial charge in [-0.05, 0) is 36.4 Å². The third kappa shape index (κ3) is 2.48. The standard InChI is InChI=1S/C16H11FN6/c17-11-4-6-12(7-5-11)22-15-13-9-21-23(16(13)20-10-19-15)14-3-1-2-8-18-14/h1-10H,(H,19,20,22). The summed E-state index contributed by atoms with van der Waals surface area (Å²) in [7, 11) is 0. The van der Waals surface area contributed by atoms with Crippen molar-refractivity contribution in [2.45, 2.75) is 0 Å². The number of aromatic nitrogens is 5. The van der Waals surface area contributed by atoms with Crippen LogP contribution in [0.1, 0.15) is 0 Å². The first-order chi connectivity index (χ1) is 11.3. The first kappa shape index (κ1) is 13.3. The Bertz CT molecular complexity index is 949. The van der Waals surface area contributed by atoms with Gasteiger partial charge in [0.25, 0.3) is 0 Å². The minimum absolute atomic E-state index is 0.286. The maximum absolute atomic E-state index is 13.0. The zero-order chi connectivity index (χ0) is 15.6. The van der Waals surface area contributed by atoms with E-state index >= 15 is 0 Å². The van der Waals surface area contributed by atoms with Gasteiger partial charge in [-0.25, -0.2) is 19.3 Å². The second-order valence-electron chi connectivity index (χ2n) is 4.84. The average Bonchev–Trinajstić information content (AvgIpc) is 3.03. The number of rotatable bonds is 3. The monoisotopic (exact) mass is 306 g/mol. The number of halogens is 1. The summed E-state index contributed by atoms with van der Waals surface area (Å²) in [5.41, 5.74) is 1.38. The molecule has 23 heavy (non-hydrogen) atoms. The molecule has 112 valence electrons. The molecule has 4 aromatic rings. The molecule has 0 aliphatic rings. The number of fused-ring (bicyclic) bond motifs is 1. The predicted octanol–water partition coefficient (Wildman–Crippen LogP) is 3.09. The highest BCUT2D eigenvalue weighted by Gasteiger charge is 2.11. The number of nitrogens with one attached hydrogen (secondary N) is 1. The lowest BCUT2D eigenvalue weighted by Gasteiger charge is -2.06. The molecule has 1 N–H and O–H groups in total. The van der Waals surface area contributed by atoms with Crippen LogP contribution in [-0.4, -0.2) is 24.7 Å². The van der Waals surface area contributed by atoms with Gasteiger partial charge in [0.15, 0.2) is 11.5 Å². The molecule has 0 atom stereocenters. The maximum Gasteiger partial charge on any atom is 0.170 e. The van der Waals surface area contributed by atoms with Crippen LogP contribution in [0.2, 0.25) is 0 Å². The van der Waals surface area contributed by atoms with Crippen LogP contribution in [0.4, 0.5) is 15.9 Å². The van der Waals surface area contributed by atoms with Gasteiger partial charge < -0.3 is 5.32 Å². The highest BCUT2D eigenvalue weighted by Crippen LogP contribution is 2.24. The Morgan fingerprint density at radius 2 is 1.83 bits per heavy atom. The summed E-state index contributed by atoms with van der Waals surface area (Å²) >= 11 is 0. The Hall–Kier alpha value is -3.35. The molecule has 7 heteroatoms. The van der Waals surface area contributed by atoms with E-state index in [0.29, 0.717) is 17.3 Å². The predicted molar refractivity (Wildman–Crippen MR) is 84.1 cm³/mol. The van der Waals surface area contributed by atoms with Crippen LogP contribution in [0.3, 0.4) is 0 Å². The Morgan fingerprint density at radius 1 is 0.957 bits per heavy atom. The highest BCUT2D eigenvalue weighted by molar-refractivity contribution is 5.88. The molecule has 0 bridgehead atoms. The third-order valence-electron chi connectivity index (χ3n) is 3.34. The number of hydrogen-bond donors (Lipinski definition) is 1. The minimum Gasteiger partial charge on any atom is -0.340 e. The van der Waals surface area contributed by atoms with Crippen molar-refractivity contribution < 1.29 is 4.39 Å². The maximum atomic E-state index is 13.0. The molecule has 6 nitrogen and oxygen atoms in total. The number of benzene rings is 1. The Morgan fingerprint density at radius 3 is 2.61 bits per heavy atom. The smallest absolute Gasteiger partial charge is 0.170 e. The summed E-state index contributed by atoms with van der Waals surface area (Å²) in [6.45, 7) is 0. The molecule has 0 radical (unpaired) electrons. The Balaban J connectivity index is 1.77. The van der Waals surface area contributed by atoms with E-state index < -0.39 is 0 Å². The fourth-order valence-corrected chi connectivity index (χ4v) is 2.26. The zero-order valence-corrected chi connectivity index (χ0v) is 11.9. The average molecular weight is 306 g/mol. The molecule has 1 aromatic carbocycles. The van der Waals surface area contributed by atoms with E-state index in [2.05, 4.69) is 25.4 Å². The largest absolute Gasteiger partial charge is 0.340 e. The fourth-order valence-electron chi connectivity index (χ4n) is 2.26. The SMILES string of the molecule is Fc1ccc(Nc2ncnc3c2cnn3-c2ccccn2)cc1. The number of nitrogens with zero attached hydrogens (tertiary/aromatic N) is 5. The molecule has 0 saturated carbocycles. The number of pyridine rings is 1. The molecule has 0 amide bonds. The van der Waals surface area contributed by atoms with Crippen molar-refractivity contribution in [1.29, 1.82) is 0 Å². The van der Waals surface area contributed by atoms with Gasteiger partial charge in [-0.15, -0.1) is 0 Å². The van der Waals surface area contributed by atoms with Crippen LogP contribution >= 0.6 is 0 Å². The van der Waals surface area contributed by atoms with Gasteiger partial charge in [-0.3, -0.25) is 0 Å². The van der Waals surface area contributed by atoms with Crippen molar-refractivity contribution in [2.75, 3.05) is 5.32 Å². The van der Waals surface area contributed by atoms with Gasteiger partial charge in [0.2, 0.25) is 0 Å². The van der Waals surface area contributed by atoms with E-state index in [1.54, 1.807) is 29.2 Å². The van der Waals surface area contributed by atoms with Crippen LogP contribution in [0.15, 0.2) is 61.2 Å². The molecule has 0 spiro atoms. The topological polar surface area (TPSA) is 68.5 Å². The third-order valence-corrected chi connectivity index (χ3v) is 3.34. The van der Waals surface area contributed by atoms with E-state index in [9.17, 15) is 4.39 Å². The van der Waals surface area contributed by atoms with Crippen LogP contribution in [0.5, 0.6) is 0 Å². The van der Waals surface area contributed by atoms with Gasteiger partial charge in [0.05, 0.1) is 11.6 Å². The molecule has 0 saturated heterocycles. The molecule has 4 rings (SSSR count). The second kappa shape index (κ2) is 5.45. The van der Waals surface area contributed by atoms with Crippen molar-refractivity contribution in [1.82, 2.24) is 24.7 Å². The van der Waals surface area contributed by atoms with Crippen molar-refractivity contribution in [3.05, 3.63) is 67.0 Å². The van der Waals surface area contributed by atoms with Gasteiger partial charge in [0, 0.05) is 11.9 Å². The first-order valence-corrected chi connectivity index (χ1v) is 6.94. The summed E-state index contributed by atoms with van der Waals surface area (Å²) in [5.74, 6) is 0.990. The summed E-state index contributed by atoms with van der Waals surface area (Å²) < 4.78 is 14.6.